The molecular formula is C20H27NO2. The smallest absolute Gasteiger partial charge is 0.335 e. The highest BCUT2D eigenvalue weighted by Crippen LogP contribution is 2.66. The quantitative estimate of drug-likeness (QED) is 0.875. The summed E-state index contributed by atoms with van der Waals surface area (Å²) in [6.07, 6.45) is 8.16. The standard InChI is InChI=1S/C20H27NO2/c1-18-7-15-8-19(2,11-18)13-20(9-15,12-18)21-10-14-3-5-16(6-4-14)17(22)23/h3-6,15,21H,7-13H2,1-2H3,(H,22,23)/t15?,18-,19-,20?/m1/s1. The fraction of sp³-hybridized carbons (Fsp3) is 0.650. The molecule has 1 aromatic rings. The van der Waals surface area contributed by atoms with Crippen molar-refractivity contribution in [3.63, 3.8) is 0 Å². The highest BCUT2D eigenvalue weighted by molar-refractivity contribution is 5.87. The van der Waals surface area contributed by atoms with Gasteiger partial charge in [-0.3, -0.25) is 0 Å². The number of rotatable bonds is 4. The SMILES string of the molecule is C[C@]12CC3CC(NCc4ccc(C(=O)O)cc4)(C1)C[C@](C)(C3)C2. The van der Waals surface area contributed by atoms with Crippen LogP contribution in [0, 0.1) is 16.7 Å². The molecule has 4 fully saturated rings. The van der Waals surface area contributed by atoms with Crippen molar-refractivity contribution < 1.29 is 9.90 Å². The summed E-state index contributed by atoms with van der Waals surface area (Å²) in [5.74, 6) is 0.0366. The number of hydrogen-bond donors (Lipinski definition) is 2. The zero-order valence-electron chi connectivity index (χ0n) is 14.2. The van der Waals surface area contributed by atoms with Crippen LogP contribution in [0.4, 0.5) is 0 Å². The lowest BCUT2D eigenvalue weighted by Gasteiger charge is -2.65. The average molecular weight is 313 g/mol. The molecule has 4 aliphatic carbocycles. The Kier molecular flexibility index (Phi) is 3.19. The Morgan fingerprint density at radius 1 is 1.09 bits per heavy atom. The van der Waals surface area contributed by atoms with Crippen molar-refractivity contribution in [1.82, 2.24) is 5.32 Å². The molecule has 4 aliphatic rings. The van der Waals surface area contributed by atoms with Crippen molar-refractivity contribution in [2.75, 3.05) is 0 Å². The van der Waals surface area contributed by atoms with Crippen molar-refractivity contribution in [3.05, 3.63) is 35.4 Å². The number of benzene rings is 1. The molecule has 1 aromatic carbocycles. The molecule has 0 saturated heterocycles. The average Bonchev–Trinajstić information content (AvgIpc) is 2.42. The fourth-order valence-corrected chi connectivity index (χ4v) is 6.70. The number of nitrogens with one attached hydrogen (secondary N) is 1. The minimum atomic E-state index is -0.855. The zero-order chi connectivity index (χ0) is 16.3. The second-order valence-corrected chi connectivity index (χ2v) is 9.27. The van der Waals surface area contributed by atoms with E-state index in [0.717, 1.165) is 12.5 Å². The number of carboxylic acids is 1. The van der Waals surface area contributed by atoms with Gasteiger partial charge in [0.25, 0.3) is 0 Å². The number of aromatic carboxylic acids is 1. The van der Waals surface area contributed by atoms with Gasteiger partial charge in [-0.2, -0.15) is 0 Å². The Labute approximate surface area is 138 Å². The molecule has 0 spiro atoms. The van der Waals surface area contributed by atoms with Gasteiger partial charge in [0.1, 0.15) is 0 Å². The van der Waals surface area contributed by atoms with Crippen LogP contribution in [0.3, 0.4) is 0 Å². The first-order valence-electron chi connectivity index (χ1n) is 8.86. The third kappa shape index (κ3) is 2.69. The number of carbonyl (C=O) groups is 1. The molecule has 2 atom stereocenters. The third-order valence-corrected chi connectivity index (χ3v) is 6.49. The summed E-state index contributed by atoms with van der Waals surface area (Å²) < 4.78 is 0. The first kappa shape index (κ1) is 15.2. The van der Waals surface area contributed by atoms with Crippen LogP contribution in [0.15, 0.2) is 24.3 Å². The molecule has 0 heterocycles. The molecule has 124 valence electrons. The lowest BCUT2D eigenvalue weighted by atomic mass is 9.43. The van der Waals surface area contributed by atoms with Crippen LogP contribution in [0.2, 0.25) is 0 Å². The van der Waals surface area contributed by atoms with E-state index in [1.165, 1.54) is 44.1 Å². The lowest BCUT2D eigenvalue weighted by Crippen LogP contribution is -2.63. The Morgan fingerprint density at radius 2 is 1.70 bits per heavy atom. The molecule has 0 unspecified atom stereocenters. The van der Waals surface area contributed by atoms with Crippen molar-refractivity contribution in [2.24, 2.45) is 16.7 Å². The first-order valence-corrected chi connectivity index (χ1v) is 8.86. The van der Waals surface area contributed by atoms with E-state index in [9.17, 15) is 4.79 Å². The molecule has 0 amide bonds. The summed E-state index contributed by atoms with van der Waals surface area (Å²) >= 11 is 0. The van der Waals surface area contributed by atoms with E-state index >= 15 is 0 Å². The van der Waals surface area contributed by atoms with E-state index in [4.69, 9.17) is 5.11 Å². The van der Waals surface area contributed by atoms with Gasteiger partial charge in [-0.15, -0.1) is 0 Å². The predicted octanol–water partition coefficient (Wildman–Crippen LogP) is 4.22. The van der Waals surface area contributed by atoms with E-state index < -0.39 is 5.97 Å². The number of carboxylic acid groups (broad SMARTS) is 1. The maximum atomic E-state index is 11.0. The minimum absolute atomic E-state index is 0.300. The molecule has 2 N–H and O–H groups in total. The number of hydrogen-bond acceptors (Lipinski definition) is 2. The molecule has 4 bridgehead atoms. The maximum Gasteiger partial charge on any atom is 0.335 e. The van der Waals surface area contributed by atoms with E-state index in [1.54, 1.807) is 12.1 Å². The molecule has 0 radical (unpaired) electrons. The summed E-state index contributed by atoms with van der Waals surface area (Å²) in [6.45, 7) is 5.83. The Hall–Kier alpha value is -1.35. The van der Waals surface area contributed by atoms with Crippen LogP contribution in [0.1, 0.15) is 68.3 Å². The second kappa shape index (κ2) is 4.83. The Bertz CT molecular complexity index is 618. The molecule has 0 aliphatic heterocycles. The van der Waals surface area contributed by atoms with Gasteiger partial charge in [-0.1, -0.05) is 26.0 Å². The topological polar surface area (TPSA) is 49.3 Å². The van der Waals surface area contributed by atoms with Crippen LogP contribution in [0.25, 0.3) is 0 Å². The molecule has 0 aromatic heterocycles. The van der Waals surface area contributed by atoms with Crippen LogP contribution in [-0.2, 0) is 6.54 Å². The summed E-state index contributed by atoms with van der Waals surface area (Å²) in [5.41, 5.74) is 2.89. The minimum Gasteiger partial charge on any atom is -0.478 e. The van der Waals surface area contributed by atoms with E-state index in [-0.39, 0.29) is 0 Å². The Balaban J connectivity index is 1.49. The van der Waals surface area contributed by atoms with E-state index in [1.807, 2.05) is 12.1 Å². The summed E-state index contributed by atoms with van der Waals surface area (Å²) in [7, 11) is 0. The van der Waals surface area contributed by atoms with Gasteiger partial charge in [-0.25, -0.2) is 4.79 Å². The first-order chi connectivity index (χ1) is 10.8. The monoisotopic (exact) mass is 313 g/mol. The summed E-state index contributed by atoms with van der Waals surface area (Å²) in [6, 6.07) is 7.31. The molecular weight excluding hydrogens is 286 g/mol. The summed E-state index contributed by atoms with van der Waals surface area (Å²) in [5, 5.41) is 12.9. The van der Waals surface area contributed by atoms with Gasteiger partial charge in [0, 0.05) is 12.1 Å². The van der Waals surface area contributed by atoms with Crippen LogP contribution in [0.5, 0.6) is 0 Å². The van der Waals surface area contributed by atoms with Gasteiger partial charge < -0.3 is 10.4 Å². The van der Waals surface area contributed by atoms with E-state index in [0.29, 0.717) is 21.9 Å². The normalized spacial score (nSPS) is 41.2. The Morgan fingerprint density at radius 3 is 2.22 bits per heavy atom. The van der Waals surface area contributed by atoms with Crippen LogP contribution >= 0.6 is 0 Å². The molecule has 5 rings (SSSR count). The highest BCUT2D eigenvalue weighted by atomic mass is 16.4. The van der Waals surface area contributed by atoms with Crippen molar-refractivity contribution in [3.8, 4) is 0 Å². The predicted molar refractivity (Wildman–Crippen MR) is 90.4 cm³/mol. The largest absolute Gasteiger partial charge is 0.478 e. The second-order valence-electron chi connectivity index (χ2n) is 9.27. The van der Waals surface area contributed by atoms with Gasteiger partial charge >= 0.3 is 5.97 Å². The van der Waals surface area contributed by atoms with Crippen LogP contribution in [-0.4, -0.2) is 16.6 Å². The fourth-order valence-electron chi connectivity index (χ4n) is 6.70. The van der Waals surface area contributed by atoms with Gasteiger partial charge in [-0.05, 0) is 73.0 Å². The summed E-state index contributed by atoms with van der Waals surface area (Å²) in [4.78, 5) is 11.0. The molecule has 23 heavy (non-hydrogen) atoms. The van der Waals surface area contributed by atoms with Crippen molar-refractivity contribution in [2.45, 2.75) is 64.5 Å². The zero-order valence-corrected chi connectivity index (χ0v) is 14.2. The molecule has 3 heteroatoms. The van der Waals surface area contributed by atoms with Gasteiger partial charge in [0.2, 0.25) is 0 Å². The van der Waals surface area contributed by atoms with Crippen molar-refractivity contribution >= 4 is 5.97 Å². The van der Waals surface area contributed by atoms with Crippen LogP contribution < -0.4 is 5.32 Å². The molecule has 3 nitrogen and oxygen atoms in total. The van der Waals surface area contributed by atoms with Gasteiger partial charge in [0.05, 0.1) is 5.56 Å². The highest BCUT2D eigenvalue weighted by Gasteiger charge is 2.59. The molecule has 4 saturated carbocycles. The van der Waals surface area contributed by atoms with Crippen molar-refractivity contribution in [1.29, 1.82) is 0 Å². The maximum absolute atomic E-state index is 11.0. The lowest BCUT2D eigenvalue weighted by molar-refractivity contribution is -0.118. The third-order valence-electron chi connectivity index (χ3n) is 6.49. The van der Waals surface area contributed by atoms with E-state index in [2.05, 4.69) is 19.2 Å². The van der Waals surface area contributed by atoms with Gasteiger partial charge in [0.15, 0.2) is 0 Å².